The fraction of sp³-hybridized carbons (Fsp3) is 0.167. The van der Waals surface area contributed by atoms with E-state index in [9.17, 15) is 17.6 Å². The van der Waals surface area contributed by atoms with E-state index in [1.54, 1.807) is 24.3 Å². The number of rotatable bonds is 5. The molecule has 0 fully saturated rings. The van der Waals surface area contributed by atoms with Gasteiger partial charge in [0.1, 0.15) is 11.5 Å². The van der Waals surface area contributed by atoms with Crippen molar-refractivity contribution in [1.29, 1.82) is 0 Å². The number of furan rings is 1. The number of hydrogen-bond acceptors (Lipinski definition) is 1. The zero-order valence-electron chi connectivity index (χ0n) is 15.7. The third kappa shape index (κ3) is 3.41. The van der Waals surface area contributed by atoms with Crippen LogP contribution in [-0.4, -0.2) is 0 Å². The van der Waals surface area contributed by atoms with E-state index in [0.29, 0.717) is 17.6 Å². The molecule has 0 saturated heterocycles. The van der Waals surface area contributed by atoms with Crippen LogP contribution in [0.15, 0.2) is 59.0 Å². The Bertz CT molecular complexity index is 1160. The standard InChI is InChI=1S/C24H18F4O/c1-2-3-8-17-11-12-18(29-17)20-23(27)21(25)19(22(26)24(20)28)16-10-9-14-6-4-5-7-15(14)13-16/h4-7,9-13H,2-3,8H2,1H3. The maximum absolute atomic E-state index is 14.9. The smallest absolute Gasteiger partial charge is 0.173 e. The molecule has 0 spiro atoms. The molecule has 0 aliphatic rings. The molecule has 0 amide bonds. The summed E-state index contributed by atoms with van der Waals surface area (Å²) in [6.07, 6.45) is 2.34. The number of fused-ring (bicyclic) bond motifs is 1. The van der Waals surface area contributed by atoms with Crippen molar-refractivity contribution in [2.75, 3.05) is 0 Å². The summed E-state index contributed by atoms with van der Waals surface area (Å²) < 4.78 is 64.8. The van der Waals surface area contributed by atoms with Crippen LogP contribution in [0, 0.1) is 23.3 Å². The van der Waals surface area contributed by atoms with Crippen LogP contribution in [0.2, 0.25) is 0 Å². The van der Waals surface area contributed by atoms with Crippen LogP contribution in [0.1, 0.15) is 25.5 Å². The van der Waals surface area contributed by atoms with Gasteiger partial charge in [0.05, 0.1) is 11.1 Å². The second-order valence-electron chi connectivity index (χ2n) is 6.94. The average molecular weight is 398 g/mol. The van der Waals surface area contributed by atoms with Crippen LogP contribution < -0.4 is 0 Å². The molecule has 1 heterocycles. The number of aryl methyl sites for hydroxylation is 1. The van der Waals surface area contributed by atoms with E-state index in [2.05, 4.69) is 0 Å². The van der Waals surface area contributed by atoms with Crippen LogP contribution in [0.25, 0.3) is 33.2 Å². The van der Waals surface area contributed by atoms with Crippen molar-refractivity contribution in [1.82, 2.24) is 0 Å². The first-order chi connectivity index (χ1) is 14.0. The number of benzene rings is 3. The van der Waals surface area contributed by atoms with Crippen molar-refractivity contribution >= 4 is 10.8 Å². The van der Waals surface area contributed by atoms with Crippen LogP contribution in [0.5, 0.6) is 0 Å². The Labute approximate surface area is 165 Å². The van der Waals surface area contributed by atoms with Gasteiger partial charge in [-0.25, -0.2) is 17.6 Å². The molecule has 0 bridgehead atoms. The molecule has 0 N–H and O–H groups in total. The van der Waals surface area contributed by atoms with E-state index in [0.717, 1.165) is 18.2 Å². The van der Waals surface area contributed by atoms with E-state index in [1.165, 1.54) is 18.2 Å². The first-order valence-electron chi connectivity index (χ1n) is 9.45. The van der Waals surface area contributed by atoms with Crippen LogP contribution in [0.4, 0.5) is 17.6 Å². The van der Waals surface area contributed by atoms with Crippen molar-refractivity contribution < 1.29 is 22.0 Å². The van der Waals surface area contributed by atoms with Crippen molar-refractivity contribution in [3.63, 3.8) is 0 Å². The van der Waals surface area contributed by atoms with Crippen LogP contribution in [-0.2, 0) is 6.42 Å². The molecule has 1 nitrogen and oxygen atoms in total. The Morgan fingerprint density at radius 3 is 2.07 bits per heavy atom. The summed E-state index contributed by atoms with van der Waals surface area (Å²) in [4.78, 5) is 0. The van der Waals surface area contributed by atoms with E-state index in [-0.39, 0.29) is 11.3 Å². The van der Waals surface area contributed by atoms with Crippen LogP contribution in [0.3, 0.4) is 0 Å². The number of halogens is 4. The largest absolute Gasteiger partial charge is 0.461 e. The third-order valence-electron chi connectivity index (χ3n) is 4.99. The molecule has 1 aromatic heterocycles. The fourth-order valence-corrected chi connectivity index (χ4v) is 3.44. The highest BCUT2D eigenvalue weighted by Crippen LogP contribution is 2.38. The summed E-state index contributed by atoms with van der Waals surface area (Å²) in [5.41, 5.74) is -1.49. The summed E-state index contributed by atoms with van der Waals surface area (Å²) in [7, 11) is 0. The topological polar surface area (TPSA) is 13.1 Å². The van der Waals surface area contributed by atoms with E-state index in [4.69, 9.17) is 4.42 Å². The molecule has 0 aliphatic carbocycles. The van der Waals surface area contributed by atoms with E-state index >= 15 is 0 Å². The Morgan fingerprint density at radius 2 is 1.38 bits per heavy atom. The zero-order chi connectivity index (χ0) is 20.5. The number of unbranched alkanes of at least 4 members (excludes halogenated alkanes) is 1. The third-order valence-corrected chi connectivity index (χ3v) is 4.99. The molecular formula is C24H18F4O. The van der Waals surface area contributed by atoms with Gasteiger partial charge < -0.3 is 4.42 Å². The highest BCUT2D eigenvalue weighted by Gasteiger charge is 2.28. The maximum atomic E-state index is 14.9. The van der Waals surface area contributed by atoms with Gasteiger partial charge in [0.2, 0.25) is 0 Å². The lowest BCUT2D eigenvalue weighted by molar-refractivity contribution is 0.450. The van der Waals surface area contributed by atoms with Gasteiger partial charge in [-0.05, 0) is 41.0 Å². The fourth-order valence-electron chi connectivity index (χ4n) is 3.44. The molecule has 0 radical (unpaired) electrons. The van der Waals surface area contributed by atoms with E-state index in [1.807, 2.05) is 19.1 Å². The summed E-state index contributed by atoms with van der Waals surface area (Å²) in [5, 5.41) is 1.56. The average Bonchev–Trinajstić information content (AvgIpc) is 3.19. The van der Waals surface area contributed by atoms with Gasteiger partial charge in [0, 0.05) is 6.42 Å². The summed E-state index contributed by atoms with van der Waals surface area (Å²) in [6, 6.07) is 14.7. The van der Waals surface area contributed by atoms with Crippen LogP contribution >= 0.6 is 0 Å². The second-order valence-corrected chi connectivity index (χ2v) is 6.94. The van der Waals surface area contributed by atoms with Crippen molar-refractivity contribution in [3.8, 4) is 22.5 Å². The molecule has 0 unspecified atom stereocenters. The number of hydrogen-bond donors (Lipinski definition) is 0. The monoisotopic (exact) mass is 398 g/mol. The Hall–Kier alpha value is -3.08. The molecular weight excluding hydrogens is 380 g/mol. The highest BCUT2D eigenvalue weighted by atomic mass is 19.2. The van der Waals surface area contributed by atoms with Crippen molar-refractivity contribution in [2.24, 2.45) is 0 Å². The van der Waals surface area contributed by atoms with Gasteiger partial charge >= 0.3 is 0 Å². The predicted molar refractivity (Wildman–Crippen MR) is 106 cm³/mol. The molecule has 0 aliphatic heterocycles. The lowest BCUT2D eigenvalue weighted by atomic mass is 9.97. The molecule has 0 saturated carbocycles. The second kappa shape index (κ2) is 7.74. The Morgan fingerprint density at radius 1 is 0.724 bits per heavy atom. The lowest BCUT2D eigenvalue weighted by Crippen LogP contribution is -2.03. The van der Waals surface area contributed by atoms with Crippen molar-refractivity contribution in [2.45, 2.75) is 26.2 Å². The molecule has 4 aromatic rings. The summed E-state index contributed by atoms with van der Waals surface area (Å²) in [6.45, 7) is 2.00. The molecule has 4 rings (SSSR count). The minimum absolute atomic E-state index is 0.0612. The molecule has 5 heteroatoms. The first-order valence-corrected chi connectivity index (χ1v) is 9.45. The van der Waals surface area contributed by atoms with E-state index < -0.39 is 34.4 Å². The molecule has 0 atom stereocenters. The van der Waals surface area contributed by atoms with Gasteiger partial charge in [-0.1, -0.05) is 49.7 Å². The molecule has 3 aromatic carbocycles. The molecule has 148 valence electrons. The highest BCUT2D eigenvalue weighted by molar-refractivity contribution is 5.87. The Balaban J connectivity index is 1.84. The van der Waals surface area contributed by atoms with Gasteiger partial charge in [-0.15, -0.1) is 0 Å². The van der Waals surface area contributed by atoms with Gasteiger partial charge in [-0.3, -0.25) is 0 Å². The van der Waals surface area contributed by atoms with Gasteiger partial charge in [0.25, 0.3) is 0 Å². The normalized spacial score (nSPS) is 11.3. The quantitative estimate of drug-likeness (QED) is 0.248. The Kier molecular flexibility index (Phi) is 5.14. The maximum Gasteiger partial charge on any atom is 0.173 e. The zero-order valence-corrected chi connectivity index (χ0v) is 15.7. The SMILES string of the molecule is CCCCc1ccc(-c2c(F)c(F)c(-c3ccc4ccccc4c3)c(F)c2F)o1. The predicted octanol–water partition coefficient (Wildman–Crippen LogP) is 7.67. The van der Waals surface area contributed by atoms with Gasteiger partial charge in [-0.2, -0.15) is 0 Å². The molecule has 29 heavy (non-hydrogen) atoms. The van der Waals surface area contributed by atoms with Gasteiger partial charge in [0.15, 0.2) is 23.3 Å². The summed E-state index contributed by atoms with van der Waals surface area (Å²) in [5.74, 6) is -5.54. The minimum Gasteiger partial charge on any atom is -0.461 e. The summed E-state index contributed by atoms with van der Waals surface area (Å²) >= 11 is 0. The van der Waals surface area contributed by atoms with Crippen molar-refractivity contribution in [3.05, 3.63) is 83.6 Å². The minimum atomic E-state index is -1.47. The lowest BCUT2D eigenvalue weighted by Gasteiger charge is -2.12. The first kappa shape index (κ1) is 19.2.